The molecule has 6 heteroatoms. The quantitative estimate of drug-likeness (QED) is 0.653. The van der Waals surface area contributed by atoms with Gasteiger partial charge in [-0.1, -0.05) is 38.1 Å². The Hall–Kier alpha value is -2.60. The number of benzene rings is 2. The first-order chi connectivity index (χ1) is 13.6. The predicted molar refractivity (Wildman–Crippen MR) is 110 cm³/mol. The van der Waals surface area contributed by atoms with Gasteiger partial charge in [0, 0.05) is 13.1 Å². The van der Waals surface area contributed by atoms with Crippen molar-refractivity contribution in [2.45, 2.75) is 26.3 Å². The molecule has 0 aromatic heterocycles. The molecular weight excluding hydrogens is 357 g/mol. The van der Waals surface area contributed by atoms with Gasteiger partial charge >= 0.3 is 6.03 Å². The number of amides is 2. The first kappa shape index (κ1) is 21.7. The van der Waals surface area contributed by atoms with Crippen LogP contribution in [0.25, 0.3) is 0 Å². The number of methoxy groups -OCH3 is 1. The van der Waals surface area contributed by atoms with E-state index < -0.39 is 0 Å². The first-order valence-electron chi connectivity index (χ1n) is 9.71. The second-order valence-corrected chi connectivity index (χ2v) is 6.53. The summed E-state index contributed by atoms with van der Waals surface area (Å²) in [6.45, 7) is 6.90. The molecular formula is C22H30FN3O2. The zero-order valence-electron chi connectivity index (χ0n) is 16.9. The lowest BCUT2D eigenvalue weighted by atomic mass is 10.0. The molecule has 2 aromatic rings. The van der Waals surface area contributed by atoms with Crippen LogP contribution in [-0.2, 0) is 6.42 Å². The number of likely N-dealkylation sites (N-methyl/N-ethyl adjacent to an activating group) is 1. The van der Waals surface area contributed by atoms with E-state index in [1.165, 1.54) is 12.1 Å². The van der Waals surface area contributed by atoms with Crippen molar-refractivity contribution in [2.75, 3.05) is 33.3 Å². The summed E-state index contributed by atoms with van der Waals surface area (Å²) in [4.78, 5) is 14.5. The van der Waals surface area contributed by atoms with Gasteiger partial charge in [-0.2, -0.15) is 0 Å². The SMILES string of the molecule is CCN(CC)[C@@H](CNC(=O)NCCc1cccc(F)c1)c1cccc(OC)c1. The number of hydrogen-bond acceptors (Lipinski definition) is 3. The summed E-state index contributed by atoms with van der Waals surface area (Å²) in [5.74, 6) is 0.538. The van der Waals surface area contributed by atoms with E-state index in [0.29, 0.717) is 19.5 Å². The summed E-state index contributed by atoms with van der Waals surface area (Å²) < 4.78 is 18.5. The minimum atomic E-state index is -0.262. The van der Waals surface area contributed by atoms with Gasteiger partial charge < -0.3 is 15.4 Å². The molecule has 0 fully saturated rings. The number of ether oxygens (including phenoxy) is 1. The van der Waals surface area contributed by atoms with Crippen molar-refractivity contribution in [3.8, 4) is 5.75 Å². The summed E-state index contributed by atoms with van der Waals surface area (Å²) in [6.07, 6.45) is 0.584. The molecule has 28 heavy (non-hydrogen) atoms. The molecule has 5 nitrogen and oxygen atoms in total. The molecule has 0 radical (unpaired) electrons. The Bertz CT molecular complexity index is 750. The van der Waals surface area contributed by atoms with Crippen LogP contribution < -0.4 is 15.4 Å². The molecule has 0 unspecified atom stereocenters. The normalized spacial score (nSPS) is 11.9. The number of carbonyl (C=O) groups excluding carboxylic acids is 1. The van der Waals surface area contributed by atoms with E-state index in [4.69, 9.17) is 4.74 Å². The maximum absolute atomic E-state index is 13.2. The zero-order chi connectivity index (χ0) is 20.4. The maximum atomic E-state index is 13.2. The van der Waals surface area contributed by atoms with E-state index in [2.05, 4.69) is 35.4 Å². The number of hydrogen-bond donors (Lipinski definition) is 2. The minimum Gasteiger partial charge on any atom is -0.497 e. The van der Waals surface area contributed by atoms with Crippen molar-refractivity contribution in [3.05, 3.63) is 65.5 Å². The third-order valence-corrected chi connectivity index (χ3v) is 4.78. The molecule has 0 saturated carbocycles. The van der Waals surface area contributed by atoms with Gasteiger partial charge in [0.05, 0.1) is 13.2 Å². The molecule has 2 amide bonds. The highest BCUT2D eigenvalue weighted by molar-refractivity contribution is 5.73. The van der Waals surface area contributed by atoms with Crippen LogP contribution in [0.5, 0.6) is 5.75 Å². The van der Waals surface area contributed by atoms with Crippen LogP contribution in [0.3, 0.4) is 0 Å². The van der Waals surface area contributed by atoms with Crippen molar-refractivity contribution < 1.29 is 13.9 Å². The molecule has 2 N–H and O–H groups in total. The Morgan fingerprint density at radius 2 is 1.86 bits per heavy atom. The smallest absolute Gasteiger partial charge is 0.314 e. The number of halogens is 1. The maximum Gasteiger partial charge on any atom is 0.314 e. The number of carbonyl (C=O) groups is 1. The van der Waals surface area contributed by atoms with E-state index in [-0.39, 0.29) is 17.9 Å². The summed E-state index contributed by atoms with van der Waals surface area (Å²) in [5, 5.41) is 5.80. The van der Waals surface area contributed by atoms with Gasteiger partial charge in [0.15, 0.2) is 0 Å². The van der Waals surface area contributed by atoms with Gasteiger partial charge in [-0.15, -0.1) is 0 Å². The summed E-state index contributed by atoms with van der Waals surface area (Å²) in [7, 11) is 1.65. The fourth-order valence-electron chi connectivity index (χ4n) is 3.24. The van der Waals surface area contributed by atoms with Crippen molar-refractivity contribution in [1.82, 2.24) is 15.5 Å². The molecule has 0 heterocycles. The van der Waals surface area contributed by atoms with Gasteiger partial charge in [-0.3, -0.25) is 4.90 Å². The number of urea groups is 1. The molecule has 152 valence electrons. The Morgan fingerprint density at radius 1 is 1.11 bits per heavy atom. The van der Waals surface area contributed by atoms with Crippen molar-refractivity contribution in [1.29, 1.82) is 0 Å². The fourth-order valence-corrected chi connectivity index (χ4v) is 3.24. The highest BCUT2D eigenvalue weighted by Gasteiger charge is 2.19. The van der Waals surface area contributed by atoms with Crippen LogP contribution >= 0.6 is 0 Å². The van der Waals surface area contributed by atoms with Crippen LogP contribution in [0.15, 0.2) is 48.5 Å². The molecule has 0 aliphatic rings. The van der Waals surface area contributed by atoms with Gasteiger partial charge in [-0.05, 0) is 54.9 Å². The topological polar surface area (TPSA) is 53.6 Å². The molecule has 1 atom stereocenters. The van der Waals surface area contributed by atoms with Crippen LogP contribution in [0, 0.1) is 5.82 Å². The van der Waals surface area contributed by atoms with Gasteiger partial charge in [-0.25, -0.2) is 9.18 Å². The largest absolute Gasteiger partial charge is 0.497 e. The van der Waals surface area contributed by atoms with E-state index in [1.54, 1.807) is 13.2 Å². The highest BCUT2D eigenvalue weighted by Crippen LogP contribution is 2.23. The molecule has 0 bridgehead atoms. The minimum absolute atomic E-state index is 0.0547. The van der Waals surface area contributed by atoms with E-state index in [0.717, 1.165) is 30.0 Å². The molecule has 2 rings (SSSR count). The van der Waals surface area contributed by atoms with Crippen molar-refractivity contribution in [2.24, 2.45) is 0 Å². The zero-order valence-corrected chi connectivity index (χ0v) is 16.9. The number of nitrogens with one attached hydrogen (secondary N) is 2. The van der Waals surface area contributed by atoms with Crippen LogP contribution in [0.1, 0.15) is 31.0 Å². The summed E-state index contributed by atoms with van der Waals surface area (Å²) >= 11 is 0. The molecule has 0 saturated heterocycles. The van der Waals surface area contributed by atoms with Crippen LogP contribution in [0.4, 0.5) is 9.18 Å². The van der Waals surface area contributed by atoms with Crippen molar-refractivity contribution >= 4 is 6.03 Å². The predicted octanol–water partition coefficient (Wildman–Crippen LogP) is 3.76. The Kier molecular flexibility index (Phi) is 8.75. The standard InChI is InChI=1S/C22H30FN3O2/c1-4-26(5-2)21(18-9-7-11-20(15-18)28-3)16-25-22(27)24-13-12-17-8-6-10-19(23)14-17/h6-11,14-15,21H,4-5,12-13,16H2,1-3H3,(H2,24,25,27)/t21-/m0/s1. The summed E-state index contributed by atoms with van der Waals surface area (Å²) in [5.41, 5.74) is 1.96. The lowest BCUT2D eigenvalue weighted by molar-refractivity contribution is 0.206. The van der Waals surface area contributed by atoms with Crippen LogP contribution in [0.2, 0.25) is 0 Å². The lowest BCUT2D eigenvalue weighted by Gasteiger charge is -2.30. The molecule has 0 aliphatic carbocycles. The molecule has 0 spiro atoms. The average molecular weight is 387 g/mol. The summed E-state index contributed by atoms with van der Waals surface area (Å²) in [6, 6.07) is 14.2. The Morgan fingerprint density at radius 3 is 2.54 bits per heavy atom. The first-order valence-corrected chi connectivity index (χ1v) is 9.71. The monoisotopic (exact) mass is 387 g/mol. The van der Waals surface area contributed by atoms with Gasteiger partial charge in [0.25, 0.3) is 0 Å². The lowest BCUT2D eigenvalue weighted by Crippen LogP contribution is -2.42. The van der Waals surface area contributed by atoms with Crippen molar-refractivity contribution in [3.63, 3.8) is 0 Å². The molecule has 0 aliphatic heterocycles. The van der Waals surface area contributed by atoms with E-state index in [1.807, 2.05) is 24.3 Å². The van der Waals surface area contributed by atoms with Gasteiger partial charge in [0.1, 0.15) is 11.6 Å². The Labute approximate surface area is 166 Å². The number of rotatable bonds is 10. The van der Waals surface area contributed by atoms with Gasteiger partial charge in [0.2, 0.25) is 0 Å². The highest BCUT2D eigenvalue weighted by atomic mass is 19.1. The Balaban J connectivity index is 1.91. The van der Waals surface area contributed by atoms with Crippen LogP contribution in [-0.4, -0.2) is 44.2 Å². The second-order valence-electron chi connectivity index (χ2n) is 6.53. The van der Waals surface area contributed by atoms with E-state index >= 15 is 0 Å². The number of nitrogens with zero attached hydrogens (tertiary/aromatic N) is 1. The molecule has 2 aromatic carbocycles. The average Bonchev–Trinajstić information content (AvgIpc) is 2.71. The van der Waals surface area contributed by atoms with E-state index in [9.17, 15) is 9.18 Å². The third kappa shape index (κ3) is 6.53. The second kappa shape index (κ2) is 11.3. The third-order valence-electron chi connectivity index (χ3n) is 4.78. The fraction of sp³-hybridized carbons (Fsp3) is 0.409.